The lowest BCUT2D eigenvalue weighted by Crippen LogP contribution is -2.36. The molecule has 1 heterocycles. The van der Waals surface area contributed by atoms with Gasteiger partial charge >= 0.3 is 12.2 Å². The zero-order chi connectivity index (χ0) is 13.2. The van der Waals surface area contributed by atoms with Gasteiger partial charge in [0.2, 0.25) is 6.79 Å². The number of carbonyl (C=O) groups is 1. The Morgan fingerprint density at radius 2 is 2.00 bits per heavy atom. The minimum absolute atomic E-state index is 0.0824. The Balaban J connectivity index is 1.91. The molecule has 5 nitrogen and oxygen atoms in total. The lowest BCUT2D eigenvalue weighted by molar-refractivity contribution is -0.122. The maximum Gasteiger partial charge on any atom is 0.405 e. The van der Waals surface area contributed by atoms with Gasteiger partial charge in [-0.2, -0.15) is 13.2 Å². The second kappa shape index (κ2) is 4.63. The highest BCUT2D eigenvalue weighted by Crippen LogP contribution is 2.34. The smallest absolute Gasteiger partial charge is 0.405 e. The van der Waals surface area contributed by atoms with Gasteiger partial charge in [0, 0.05) is 11.8 Å². The lowest BCUT2D eigenvalue weighted by Gasteiger charge is -2.10. The quantitative estimate of drug-likeness (QED) is 0.858. The molecule has 18 heavy (non-hydrogen) atoms. The van der Waals surface area contributed by atoms with E-state index in [1.807, 2.05) is 0 Å². The van der Waals surface area contributed by atoms with E-state index in [1.165, 1.54) is 12.1 Å². The van der Waals surface area contributed by atoms with Gasteiger partial charge in [-0.05, 0) is 12.1 Å². The average Bonchev–Trinajstić information content (AvgIpc) is 2.72. The Labute approximate surface area is 99.9 Å². The number of carbonyl (C=O) groups excluding carboxylic acids is 1. The van der Waals surface area contributed by atoms with Gasteiger partial charge in [-0.3, -0.25) is 0 Å². The molecule has 0 saturated carbocycles. The molecule has 0 aliphatic carbocycles. The van der Waals surface area contributed by atoms with Crippen molar-refractivity contribution >= 4 is 11.7 Å². The summed E-state index contributed by atoms with van der Waals surface area (Å²) in [7, 11) is 0. The summed E-state index contributed by atoms with van der Waals surface area (Å²) in [6.45, 7) is -1.30. The number of hydrogen-bond donors (Lipinski definition) is 2. The molecule has 0 spiro atoms. The number of benzene rings is 1. The Morgan fingerprint density at radius 3 is 2.72 bits per heavy atom. The zero-order valence-electron chi connectivity index (χ0n) is 9.00. The van der Waals surface area contributed by atoms with E-state index in [9.17, 15) is 18.0 Å². The predicted molar refractivity (Wildman–Crippen MR) is 55.6 cm³/mol. The topological polar surface area (TPSA) is 59.6 Å². The van der Waals surface area contributed by atoms with E-state index in [2.05, 4.69) is 5.32 Å². The Hall–Kier alpha value is -2.12. The predicted octanol–water partition coefficient (Wildman–Crippen LogP) is 2.10. The summed E-state index contributed by atoms with van der Waals surface area (Å²) in [5.41, 5.74) is 0.318. The molecule has 1 aliphatic rings. The largest absolute Gasteiger partial charge is 0.454 e. The van der Waals surface area contributed by atoms with Crippen LogP contribution in [0.2, 0.25) is 0 Å². The second-order valence-electron chi connectivity index (χ2n) is 3.49. The Bertz CT molecular complexity index is 462. The van der Waals surface area contributed by atoms with Crippen molar-refractivity contribution in [3.05, 3.63) is 18.2 Å². The summed E-state index contributed by atoms with van der Waals surface area (Å²) in [6.07, 6.45) is -4.44. The summed E-state index contributed by atoms with van der Waals surface area (Å²) in [6, 6.07) is 3.59. The van der Waals surface area contributed by atoms with Crippen molar-refractivity contribution in [2.24, 2.45) is 0 Å². The van der Waals surface area contributed by atoms with Crippen LogP contribution in [0.3, 0.4) is 0 Å². The number of anilines is 1. The number of nitrogens with one attached hydrogen (secondary N) is 2. The molecule has 2 rings (SSSR count). The SMILES string of the molecule is O=C(NCC(F)(F)F)Nc1ccc2c(c1)OCO2. The summed E-state index contributed by atoms with van der Waals surface area (Å²) in [5, 5.41) is 3.95. The van der Waals surface area contributed by atoms with Gasteiger partial charge in [0.1, 0.15) is 6.54 Å². The van der Waals surface area contributed by atoms with Crippen LogP contribution in [0.1, 0.15) is 0 Å². The van der Waals surface area contributed by atoms with Crippen molar-refractivity contribution in [2.45, 2.75) is 6.18 Å². The molecular formula is C10H9F3N2O3. The molecule has 1 aromatic rings. The minimum atomic E-state index is -4.44. The second-order valence-corrected chi connectivity index (χ2v) is 3.49. The molecule has 1 aromatic carbocycles. The maximum absolute atomic E-state index is 11.9. The van der Waals surface area contributed by atoms with Gasteiger partial charge in [-0.1, -0.05) is 0 Å². The standard InChI is InChI=1S/C10H9F3N2O3/c11-10(12,13)4-14-9(16)15-6-1-2-7-8(3-6)18-5-17-7/h1-3H,4-5H2,(H2,14,15,16). The van der Waals surface area contributed by atoms with Crippen LogP contribution in [0.4, 0.5) is 23.7 Å². The molecule has 2 amide bonds. The van der Waals surface area contributed by atoms with Crippen molar-refractivity contribution in [1.29, 1.82) is 0 Å². The van der Waals surface area contributed by atoms with Crippen LogP contribution in [-0.4, -0.2) is 25.5 Å². The molecule has 8 heteroatoms. The lowest BCUT2D eigenvalue weighted by atomic mass is 10.3. The van der Waals surface area contributed by atoms with Crippen LogP contribution in [0.25, 0.3) is 0 Å². The summed E-state index contributed by atoms with van der Waals surface area (Å²) in [5.74, 6) is 0.958. The van der Waals surface area contributed by atoms with Gasteiger partial charge in [-0.15, -0.1) is 0 Å². The van der Waals surface area contributed by atoms with Gasteiger partial charge in [0.15, 0.2) is 11.5 Å². The van der Waals surface area contributed by atoms with Crippen LogP contribution in [0, 0.1) is 0 Å². The van der Waals surface area contributed by atoms with Crippen LogP contribution in [0.15, 0.2) is 18.2 Å². The molecule has 0 saturated heterocycles. The fourth-order valence-electron chi connectivity index (χ4n) is 1.33. The van der Waals surface area contributed by atoms with Gasteiger partial charge in [0.05, 0.1) is 0 Å². The van der Waals surface area contributed by atoms with Crippen molar-refractivity contribution in [2.75, 3.05) is 18.7 Å². The van der Waals surface area contributed by atoms with Crippen LogP contribution in [-0.2, 0) is 0 Å². The fraction of sp³-hybridized carbons (Fsp3) is 0.300. The third-order valence-electron chi connectivity index (χ3n) is 2.08. The van der Waals surface area contributed by atoms with E-state index in [0.29, 0.717) is 17.2 Å². The molecule has 1 aliphatic heterocycles. The number of hydrogen-bond acceptors (Lipinski definition) is 3. The maximum atomic E-state index is 11.9. The molecule has 0 fully saturated rings. The highest BCUT2D eigenvalue weighted by atomic mass is 19.4. The van der Waals surface area contributed by atoms with E-state index in [0.717, 1.165) is 0 Å². The molecular weight excluding hydrogens is 253 g/mol. The Morgan fingerprint density at radius 1 is 1.28 bits per heavy atom. The van der Waals surface area contributed by atoms with Crippen molar-refractivity contribution in [3.63, 3.8) is 0 Å². The van der Waals surface area contributed by atoms with Gasteiger partial charge < -0.3 is 20.1 Å². The minimum Gasteiger partial charge on any atom is -0.454 e. The number of rotatable bonds is 2. The first kappa shape index (κ1) is 12.3. The summed E-state index contributed by atoms with van der Waals surface area (Å²) in [4.78, 5) is 11.2. The normalized spacial score (nSPS) is 13.3. The molecule has 0 bridgehead atoms. The first-order valence-corrected chi connectivity index (χ1v) is 4.95. The molecule has 0 atom stereocenters. The van der Waals surface area contributed by atoms with Crippen molar-refractivity contribution < 1.29 is 27.4 Å². The monoisotopic (exact) mass is 262 g/mol. The van der Waals surface area contributed by atoms with Crippen LogP contribution in [0.5, 0.6) is 11.5 Å². The van der Waals surface area contributed by atoms with Crippen molar-refractivity contribution in [3.8, 4) is 11.5 Å². The van der Waals surface area contributed by atoms with Gasteiger partial charge in [-0.25, -0.2) is 4.79 Å². The highest BCUT2D eigenvalue weighted by molar-refractivity contribution is 5.89. The van der Waals surface area contributed by atoms with Gasteiger partial charge in [0.25, 0.3) is 0 Å². The molecule has 2 N–H and O–H groups in total. The molecule has 0 unspecified atom stereocenters. The van der Waals surface area contributed by atoms with Crippen LogP contribution >= 0.6 is 0 Å². The van der Waals surface area contributed by atoms with E-state index in [4.69, 9.17) is 9.47 Å². The molecule has 0 aromatic heterocycles. The number of halogens is 3. The number of urea groups is 1. The zero-order valence-corrected chi connectivity index (χ0v) is 9.00. The van der Waals surface area contributed by atoms with E-state index >= 15 is 0 Å². The Kier molecular flexibility index (Phi) is 3.17. The van der Waals surface area contributed by atoms with E-state index in [-0.39, 0.29) is 6.79 Å². The molecule has 98 valence electrons. The third-order valence-corrected chi connectivity index (χ3v) is 2.08. The number of amides is 2. The first-order chi connectivity index (χ1) is 8.44. The third kappa shape index (κ3) is 3.19. The van der Waals surface area contributed by atoms with E-state index in [1.54, 1.807) is 11.4 Å². The number of fused-ring (bicyclic) bond motifs is 1. The van der Waals surface area contributed by atoms with Crippen molar-refractivity contribution in [1.82, 2.24) is 5.32 Å². The highest BCUT2D eigenvalue weighted by Gasteiger charge is 2.27. The number of alkyl halides is 3. The number of ether oxygens (including phenoxy) is 2. The fourth-order valence-corrected chi connectivity index (χ4v) is 1.33. The van der Waals surface area contributed by atoms with Crippen LogP contribution < -0.4 is 20.1 Å². The summed E-state index contributed by atoms with van der Waals surface area (Å²) < 4.78 is 45.7. The first-order valence-electron chi connectivity index (χ1n) is 4.95. The average molecular weight is 262 g/mol. The summed E-state index contributed by atoms with van der Waals surface area (Å²) >= 11 is 0. The van der Waals surface area contributed by atoms with E-state index < -0.39 is 18.8 Å². The molecule has 0 radical (unpaired) electrons.